The van der Waals surface area contributed by atoms with Crippen LogP contribution in [0.1, 0.15) is 69.6 Å². The largest absolute Gasteiger partial charge is 0.322 e. The van der Waals surface area contributed by atoms with Crippen LogP contribution in [0.25, 0.3) is 0 Å². The molecule has 0 radical (unpaired) electrons. The number of nitrogens with two attached hydrogens (primary N) is 1. The molecule has 1 aromatic rings. The van der Waals surface area contributed by atoms with Gasteiger partial charge in [-0.15, -0.1) is 0 Å². The van der Waals surface area contributed by atoms with E-state index in [0.717, 1.165) is 12.3 Å². The molecule has 1 heteroatoms. The zero-order valence-corrected chi connectivity index (χ0v) is 13.4. The maximum absolute atomic E-state index is 6.66. The lowest BCUT2D eigenvalue weighted by Crippen LogP contribution is -2.36. The van der Waals surface area contributed by atoms with Crippen LogP contribution in [-0.4, -0.2) is 0 Å². The van der Waals surface area contributed by atoms with Crippen LogP contribution in [0, 0.1) is 19.8 Å². The van der Waals surface area contributed by atoms with Gasteiger partial charge in [0.25, 0.3) is 0 Å². The standard InChI is InChI=1S/C18H31N/c1-6-8-9-16(7-2)13-18(5,19)17-12-14(3)10-11-15(17)4/h10-12,16H,6-9,13,19H2,1-5H3. The molecule has 1 aromatic carbocycles. The van der Waals surface area contributed by atoms with Gasteiger partial charge < -0.3 is 5.73 Å². The van der Waals surface area contributed by atoms with Gasteiger partial charge in [-0.2, -0.15) is 0 Å². The van der Waals surface area contributed by atoms with Gasteiger partial charge in [-0.1, -0.05) is 63.3 Å². The number of hydrogen-bond acceptors (Lipinski definition) is 1. The highest BCUT2D eigenvalue weighted by atomic mass is 14.7. The molecule has 0 bridgehead atoms. The van der Waals surface area contributed by atoms with E-state index in [2.05, 4.69) is 52.8 Å². The highest BCUT2D eigenvalue weighted by molar-refractivity contribution is 5.35. The minimum absolute atomic E-state index is 0.204. The van der Waals surface area contributed by atoms with Gasteiger partial charge in [0.2, 0.25) is 0 Å². The normalized spacial score (nSPS) is 16.1. The molecule has 0 fully saturated rings. The van der Waals surface area contributed by atoms with Crippen LogP contribution in [0.5, 0.6) is 0 Å². The average Bonchev–Trinajstić information content (AvgIpc) is 2.37. The second-order valence-electron chi connectivity index (χ2n) is 6.36. The Morgan fingerprint density at radius 2 is 1.89 bits per heavy atom. The van der Waals surface area contributed by atoms with Crippen molar-refractivity contribution in [3.05, 3.63) is 34.9 Å². The summed E-state index contributed by atoms with van der Waals surface area (Å²) in [6.45, 7) is 11.1. The molecule has 0 heterocycles. The predicted molar refractivity (Wildman–Crippen MR) is 85.4 cm³/mol. The van der Waals surface area contributed by atoms with Crippen molar-refractivity contribution in [2.75, 3.05) is 0 Å². The fourth-order valence-electron chi connectivity index (χ4n) is 3.00. The van der Waals surface area contributed by atoms with Gasteiger partial charge in [-0.05, 0) is 44.2 Å². The Kier molecular flexibility index (Phi) is 6.06. The first-order valence-electron chi connectivity index (χ1n) is 7.77. The van der Waals surface area contributed by atoms with Crippen molar-refractivity contribution in [3.8, 4) is 0 Å². The van der Waals surface area contributed by atoms with Crippen molar-refractivity contribution in [1.29, 1.82) is 0 Å². The molecule has 108 valence electrons. The van der Waals surface area contributed by atoms with Crippen molar-refractivity contribution in [2.24, 2.45) is 11.7 Å². The number of rotatable bonds is 7. The van der Waals surface area contributed by atoms with E-state index in [9.17, 15) is 0 Å². The van der Waals surface area contributed by atoms with E-state index in [1.165, 1.54) is 42.4 Å². The summed E-state index contributed by atoms with van der Waals surface area (Å²) in [4.78, 5) is 0. The van der Waals surface area contributed by atoms with Crippen LogP contribution in [0.3, 0.4) is 0 Å². The fourth-order valence-corrected chi connectivity index (χ4v) is 3.00. The summed E-state index contributed by atoms with van der Waals surface area (Å²) in [7, 11) is 0. The molecule has 0 aliphatic rings. The van der Waals surface area contributed by atoms with E-state index in [1.807, 2.05) is 0 Å². The molecule has 1 rings (SSSR count). The maximum Gasteiger partial charge on any atom is 0.0386 e. The quantitative estimate of drug-likeness (QED) is 0.727. The second kappa shape index (κ2) is 7.09. The second-order valence-corrected chi connectivity index (χ2v) is 6.36. The molecule has 0 saturated carbocycles. The minimum atomic E-state index is -0.204. The van der Waals surface area contributed by atoms with Crippen molar-refractivity contribution >= 4 is 0 Å². The minimum Gasteiger partial charge on any atom is -0.322 e. The van der Waals surface area contributed by atoms with E-state index < -0.39 is 0 Å². The zero-order valence-electron chi connectivity index (χ0n) is 13.4. The van der Waals surface area contributed by atoms with Crippen LogP contribution in [0.2, 0.25) is 0 Å². The number of hydrogen-bond donors (Lipinski definition) is 1. The van der Waals surface area contributed by atoms with Crippen molar-refractivity contribution in [3.63, 3.8) is 0 Å². The van der Waals surface area contributed by atoms with Crippen LogP contribution in [0.15, 0.2) is 18.2 Å². The lowest BCUT2D eigenvalue weighted by atomic mass is 9.79. The number of benzene rings is 1. The molecule has 0 aliphatic carbocycles. The summed E-state index contributed by atoms with van der Waals surface area (Å²) in [5.74, 6) is 0.745. The van der Waals surface area contributed by atoms with Gasteiger partial charge in [-0.3, -0.25) is 0 Å². The highest BCUT2D eigenvalue weighted by Crippen LogP contribution is 2.32. The van der Waals surface area contributed by atoms with Gasteiger partial charge in [-0.25, -0.2) is 0 Å². The highest BCUT2D eigenvalue weighted by Gasteiger charge is 2.26. The fraction of sp³-hybridized carbons (Fsp3) is 0.667. The Bertz CT molecular complexity index is 393. The smallest absolute Gasteiger partial charge is 0.0386 e. The van der Waals surface area contributed by atoms with Gasteiger partial charge in [0, 0.05) is 5.54 Å². The predicted octanol–water partition coefficient (Wildman–Crippen LogP) is 5.08. The first-order valence-corrected chi connectivity index (χ1v) is 7.77. The summed E-state index contributed by atoms with van der Waals surface area (Å²) in [5, 5.41) is 0. The number of aryl methyl sites for hydroxylation is 2. The first-order chi connectivity index (χ1) is 8.90. The summed E-state index contributed by atoms with van der Waals surface area (Å²) in [5.41, 5.74) is 10.4. The Hall–Kier alpha value is -0.820. The third kappa shape index (κ3) is 4.65. The molecule has 2 N–H and O–H groups in total. The van der Waals surface area contributed by atoms with Crippen molar-refractivity contribution in [2.45, 2.75) is 72.3 Å². The lowest BCUT2D eigenvalue weighted by Gasteiger charge is -2.31. The van der Waals surface area contributed by atoms with Gasteiger partial charge >= 0.3 is 0 Å². The summed E-state index contributed by atoms with van der Waals surface area (Å²) < 4.78 is 0. The van der Waals surface area contributed by atoms with Crippen LogP contribution >= 0.6 is 0 Å². The molecule has 0 spiro atoms. The Labute approximate surface area is 119 Å². The molecule has 2 atom stereocenters. The SMILES string of the molecule is CCCCC(CC)CC(C)(N)c1cc(C)ccc1C. The van der Waals surface area contributed by atoms with E-state index in [-0.39, 0.29) is 5.54 Å². The molecule has 0 aliphatic heterocycles. The van der Waals surface area contributed by atoms with Crippen molar-refractivity contribution in [1.82, 2.24) is 0 Å². The Morgan fingerprint density at radius 3 is 2.47 bits per heavy atom. The molecule has 1 nitrogen and oxygen atoms in total. The molecule has 0 amide bonds. The Morgan fingerprint density at radius 1 is 1.21 bits per heavy atom. The molecule has 19 heavy (non-hydrogen) atoms. The molecule has 0 aromatic heterocycles. The van der Waals surface area contributed by atoms with E-state index in [1.54, 1.807) is 0 Å². The van der Waals surface area contributed by atoms with E-state index in [0.29, 0.717) is 0 Å². The topological polar surface area (TPSA) is 26.0 Å². The molecule has 0 saturated heterocycles. The molecular weight excluding hydrogens is 230 g/mol. The van der Waals surface area contributed by atoms with Crippen molar-refractivity contribution < 1.29 is 0 Å². The molecule has 2 unspecified atom stereocenters. The van der Waals surface area contributed by atoms with E-state index >= 15 is 0 Å². The summed E-state index contributed by atoms with van der Waals surface area (Å²) >= 11 is 0. The maximum atomic E-state index is 6.66. The first kappa shape index (κ1) is 16.2. The average molecular weight is 261 g/mol. The third-order valence-electron chi connectivity index (χ3n) is 4.26. The monoisotopic (exact) mass is 261 g/mol. The van der Waals surface area contributed by atoms with Gasteiger partial charge in [0.1, 0.15) is 0 Å². The van der Waals surface area contributed by atoms with Crippen LogP contribution < -0.4 is 5.73 Å². The summed E-state index contributed by atoms with van der Waals surface area (Å²) in [6, 6.07) is 6.63. The van der Waals surface area contributed by atoms with Gasteiger partial charge in [0.15, 0.2) is 0 Å². The number of unbranched alkanes of at least 4 members (excludes halogenated alkanes) is 1. The third-order valence-corrected chi connectivity index (χ3v) is 4.26. The molecular formula is C18H31N. The van der Waals surface area contributed by atoms with E-state index in [4.69, 9.17) is 5.73 Å². The Balaban J connectivity index is 2.86. The van der Waals surface area contributed by atoms with Gasteiger partial charge in [0.05, 0.1) is 0 Å². The van der Waals surface area contributed by atoms with Crippen LogP contribution in [0.4, 0.5) is 0 Å². The zero-order chi connectivity index (χ0) is 14.5. The lowest BCUT2D eigenvalue weighted by molar-refractivity contribution is 0.314. The van der Waals surface area contributed by atoms with Crippen LogP contribution in [-0.2, 0) is 5.54 Å². The summed E-state index contributed by atoms with van der Waals surface area (Å²) in [6.07, 6.45) is 6.23.